The van der Waals surface area contributed by atoms with Crippen molar-refractivity contribution in [2.45, 2.75) is 31.3 Å². The Labute approximate surface area is 157 Å². The van der Waals surface area contributed by atoms with E-state index in [0.29, 0.717) is 11.1 Å². The molecule has 1 atom stereocenters. The maximum absolute atomic E-state index is 12.2. The lowest BCUT2D eigenvalue weighted by molar-refractivity contribution is -0.113. The molecular weight excluding hydrogens is 346 g/mol. The van der Waals surface area contributed by atoms with Crippen LogP contribution in [0.3, 0.4) is 0 Å². The average molecular weight is 367 g/mol. The van der Waals surface area contributed by atoms with E-state index in [4.69, 9.17) is 0 Å². The van der Waals surface area contributed by atoms with Gasteiger partial charge in [-0.05, 0) is 52.6 Å². The number of carbonyl (C=O) groups excluding carboxylic acids is 1. The Balaban J connectivity index is 1.58. The summed E-state index contributed by atoms with van der Waals surface area (Å²) in [6.45, 7) is 4.36. The molecule has 134 valence electrons. The molecule has 2 aromatic carbocycles. The fourth-order valence-electron chi connectivity index (χ4n) is 2.46. The summed E-state index contributed by atoms with van der Waals surface area (Å²) in [5.41, 5.74) is 2.94. The first-order chi connectivity index (χ1) is 12.7. The number of aromatic nitrogens is 4. The Morgan fingerprint density at radius 3 is 2.58 bits per heavy atom. The van der Waals surface area contributed by atoms with Gasteiger partial charge in [0.2, 0.25) is 11.1 Å². The fraction of sp³-hybridized carbons (Fsp3) is 0.263. The highest BCUT2D eigenvalue weighted by Gasteiger charge is 2.11. The normalized spacial score (nSPS) is 11.9. The van der Waals surface area contributed by atoms with E-state index in [1.165, 1.54) is 17.3 Å². The molecule has 0 aliphatic rings. The standard InChI is InChI=1S/C19H21N5OS/c1-3-14(2)15-9-11-16(12-10-15)20-18(25)13-26-19-21-22-23-24(19)17-7-5-4-6-8-17/h4-12,14H,3,13H2,1-2H3,(H,20,25)/t14-/m0/s1. The van der Waals surface area contributed by atoms with E-state index in [0.717, 1.165) is 17.8 Å². The number of benzene rings is 2. The molecule has 0 aliphatic heterocycles. The van der Waals surface area contributed by atoms with E-state index in [-0.39, 0.29) is 11.7 Å². The Bertz CT molecular complexity index is 848. The maximum Gasteiger partial charge on any atom is 0.234 e. The predicted molar refractivity (Wildman–Crippen MR) is 104 cm³/mol. The summed E-state index contributed by atoms with van der Waals surface area (Å²) >= 11 is 1.30. The zero-order valence-corrected chi connectivity index (χ0v) is 15.6. The molecule has 3 rings (SSSR count). The summed E-state index contributed by atoms with van der Waals surface area (Å²) in [5.74, 6) is 0.668. The van der Waals surface area contributed by atoms with Crippen LogP contribution in [0.15, 0.2) is 59.8 Å². The van der Waals surface area contributed by atoms with Gasteiger partial charge in [-0.3, -0.25) is 4.79 Å². The van der Waals surface area contributed by atoms with Crippen LogP contribution in [-0.4, -0.2) is 31.9 Å². The van der Waals surface area contributed by atoms with Crippen molar-refractivity contribution in [1.29, 1.82) is 0 Å². The number of nitrogens with zero attached hydrogens (tertiary/aromatic N) is 4. The van der Waals surface area contributed by atoms with Crippen LogP contribution in [0.4, 0.5) is 5.69 Å². The van der Waals surface area contributed by atoms with Crippen LogP contribution in [0.25, 0.3) is 5.69 Å². The summed E-state index contributed by atoms with van der Waals surface area (Å²) in [6, 6.07) is 17.6. The first-order valence-electron chi connectivity index (χ1n) is 8.53. The molecule has 0 radical (unpaired) electrons. The Morgan fingerprint density at radius 1 is 1.15 bits per heavy atom. The van der Waals surface area contributed by atoms with Crippen molar-refractivity contribution < 1.29 is 4.79 Å². The van der Waals surface area contributed by atoms with Gasteiger partial charge in [0.1, 0.15) is 0 Å². The number of para-hydroxylation sites is 1. The molecular formula is C19H21N5OS. The minimum atomic E-state index is -0.0890. The van der Waals surface area contributed by atoms with E-state index in [1.807, 2.05) is 42.5 Å². The number of thioether (sulfide) groups is 1. The SMILES string of the molecule is CC[C@H](C)c1ccc(NC(=O)CSc2nnnn2-c2ccccc2)cc1. The number of hydrogen-bond acceptors (Lipinski definition) is 5. The highest BCUT2D eigenvalue weighted by atomic mass is 32.2. The van der Waals surface area contributed by atoms with Crippen molar-refractivity contribution in [2.24, 2.45) is 0 Å². The lowest BCUT2D eigenvalue weighted by Gasteiger charge is -2.10. The summed E-state index contributed by atoms with van der Waals surface area (Å²) in [7, 11) is 0. The Hall–Kier alpha value is -2.67. The molecule has 26 heavy (non-hydrogen) atoms. The molecule has 1 amide bonds. The maximum atomic E-state index is 12.2. The van der Waals surface area contributed by atoms with E-state index in [9.17, 15) is 4.79 Å². The highest BCUT2D eigenvalue weighted by molar-refractivity contribution is 7.99. The van der Waals surface area contributed by atoms with Crippen molar-refractivity contribution >= 4 is 23.4 Å². The van der Waals surface area contributed by atoms with Crippen LogP contribution in [0.2, 0.25) is 0 Å². The molecule has 0 fully saturated rings. The summed E-state index contributed by atoms with van der Waals surface area (Å²) in [6.07, 6.45) is 1.10. The van der Waals surface area contributed by atoms with Crippen LogP contribution >= 0.6 is 11.8 Å². The lowest BCUT2D eigenvalue weighted by Crippen LogP contribution is -2.14. The number of rotatable bonds is 7. The molecule has 1 N–H and O–H groups in total. The van der Waals surface area contributed by atoms with Gasteiger partial charge in [0, 0.05) is 5.69 Å². The number of amides is 1. The zero-order valence-electron chi connectivity index (χ0n) is 14.8. The van der Waals surface area contributed by atoms with Gasteiger partial charge in [-0.25, -0.2) is 0 Å². The first kappa shape index (κ1) is 18.1. The van der Waals surface area contributed by atoms with Crippen LogP contribution in [0.5, 0.6) is 0 Å². The molecule has 6 nitrogen and oxygen atoms in total. The van der Waals surface area contributed by atoms with Gasteiger partial charge >= 0.3 is 0 Å². The number of carbonyl (C=O) groups is 1. The topological polar surface area (TPSA) is 72.7 Å². The predicted octanol–water partition coefficient (Wildman–Crippen LogP) is 3.91. The van der Waals surface area contributed by atoms with Gasteiger partial charge in [0.25, 0.3) is 0 Å². The third-order valence-electron chi connectivity index (χ3n) is 4.15. The monoisotopic (exact) mass is 367 g/mol. The molecule has 0 saturated heterocycles. The van der Waals surface area contributed by atoms with Crippen LogP contribution < -0.4 is 5.32 Å². The van der Waals surface area contributed by atoms with Gasteiger partial charge in [0.15, 0.2) is 0 Å². The van der Waals surface area contributed by atoms with E-state index in [2.05, 4.69) is 46.8 Å². The molecule has 0 spiro atoms. The molecule has 1 heterocycles. The summed E-state index contributed by atoms with van der Waals surface area (Å²) < 4.78 is 1.62. The van der Waals surface area contributed by atoms with Crippen molar-refractivity contribution in [3.8, 4) is 5.69 Å². The number of hydrogen-bond donors (Lipinski definition) is 1. The third kappa shape index (κ3) is 4.49. The third-order valence-corrected chi connectivity index (χ3v) is 5.07. The molecule has 0 saturated carbocycles. The van der Waals surface area contributed by atoms with Gasteiger partial charge in [-0.1, -0.05) is 55.9 Å². The Kier molecular flexibility index (Phi) is 6.01. The van der Waals surface area contributed by atoms with Gasteiger partial charge in [-0.2, -0.15) is 4.68 Å². The molecule has 1 aromatic heterocycles. The second-order valence-electron chi connectivity index (χ2n) is 5.98. The van der Waals surface area contributed by atoms with Crippen molar-refractivity contribution in [3.05, 3.63) is 60.2 Å². The van der Waals surface area contributed by atoms with Crippen molar-refractivity contribution in [3.63, 3.8) is 0 Å². The van der Waals surface area contributed by atoms with Crippen LogP contribution in [0.1, 0.15) is 31.7 Å². The van der Waals surface area contributed by atoms with E-state index < -0.39 is 0 Å². The van der Waals surface area contributed by atoms with E-state index >= 15 is 0 Å². The number of tetrazole rings is 1. The minimum Gasteiger partial charge on any atom is -0.325 e. The summed E-state index contributed by atoms with van der Waals surface area (Å²) in [5, 5.41) is 15.2. The van der Waals surface area contributed by atoms with Gasteiger partial charge in [0.05, 0.1) is 11.4 Å². The largest absolute Gasteiger partial charge is 0.325 e. The second kappa shape index (κ2) is 8.62. The molecule has 7 heteroatoms. The molecule has 0 unspecified atom stereocenters. The van der Waals surface area contributed by atoms with Crippen LogP contribution in [0, 0.1) is 0 Å². The van der Waals surface area contributed by atoms with Gasteiger partial charge in [-0.15, -0.1) is 5.10 Å². The first-order valence-corrected chi connectivity index (χ1v) is 9.52. The quantitative estimate of drug-likeness (QED) is 0.641. The number of nitrogens with one attached hydrogen (secondary N) is 1. The minimum absolute atomic E-state index is 0.0890. The zero-order chi connectivity index (χ0) is 18.4. The van der Waals surface area contributed by atoms with Crippen LogP contribution in [-0.2, 0) is 4.79 Å². The molecule has 0 aliphatic carbocycles. The van der Waals surface area contributed by atoms with Gasteiger partial charge < -0.3 is 5.32 Å². The number of anilines is 1. The fourth-order valence-corrected chi connectivity index (χ4v) is 3.15. The Morgan fingerprint density at radius 2 is 1.88 bits per heavy atom. The van der Waals surface area contributed by atoms with Crippen molar-refractivity contribution in [1.82, 2.24) is 20.2 Å². The molecule has 0 bridgehead atoms. The van der Waals surface area contributed by atoms with E-state index in [1.54, 1.807) is 4.68 Å². The summed E-state index contributed by atoms with van der Waals surface area (Å²) in [4.78, 5) is 12.2. The van der Waals surface area contributed by atoms with Crippen molar-refractivity contribution in [2.75, 3.05) is 11.1 Å². The average Bonchev–Trinajstić information content (AvgIpc) is 3.16. The lowest BCUT2D eigenvalue weighted by atomic mass is 9.99. The second-order valence-corrected chi connectivity index (χ2v) is 6.92. The molecule has 3 aromatic rings. The highest BCUT2D eigenvalue weighted by Crippen LogP contribution is 2.21. The smallest absolute Gasteiger partial charge is 0.234 e.